The van der Waals surface area contributed by atoms with Crippen LogP contribution in [0.4, 0.5) is 5.69 Å². The van der Waals surface area contributed by atoms with Gasteiger partial charge in [0.2, 0.25) is 5.78 Å². The van der Waals surface area contributed by atoms with E-state index in [-0.39, 0.29) is 11.3 Å². The van der Waals surface area contributed by atoms with Crippen LogP contribution in [0.3, 0.4) is 0 Å². The highest BCUT2D eigenvalue weighted by Gasteiger charge is 2.68. The molecule has 0 heterocycles. The second kappa shape index (κ2) is 7.04. The minimum absolute atomic E-state index is 0.0679. The second-order valence-corrected chi connectivity index (χ2v) is 9.02. The number of amides is 1. The average molecular weight is 459 g/mol. The molecule has 0 saturated heterocycles. The van der Waals surface area contributed by atoms with Crippen LogP contribution in [0.1, 0.15) is 24.0 Å². The summed E-state index contributed by atoms with van der Waals surface area (Å²) < 4.78 is 0. The third-order valence-electron chi connectivity index (χ3n) is 7.16. The normalized spacial score (nSPS) is 33.7. The Labute approximate surface area is 188 Å². The molecule has 33 heavy (non-hydrogen) atoms. The van der Waals surface area contributed by atoms with E-state index in [0.717, 1.165) is 0 Å². The number of nitrogen functional groups attached to an aromatic ring is 1. The molecular weight excluding hydrogens is 434 g/mol. The van der Waals surface area contributed by atoms with Crippen LogP contribution in [-0.2, 0) is 14.4 Å². The summed E-state index contributed by atoms with van der Waals surface area (Å²) in [4.78, 5) is 40.0. The number of aromatic hydroxyl groups is 1. The van der Waals surface area contributed by atoms with Crippen molar-refractivity contribution in [2.45, 2.75) is 30.6 Å². The number of benzene rings is 1. The van der Waals surface area contributed by atoms with Gasteiger partial charge in [-0.15, -0.1) is 0 Å². The summed E-state index contributed by atoms with van der Waals surface area (Å²) in [5.41, 5.74) is 6.86. The number of hydrogen-bond acceptors (Lipinski definition) is 10. The standard InChI is InChI=1S/C22H25N3O8/c1-6-7-4-5-8(23)15(26)10(7)16(27)11-9(6)17(28)13-14(25(2)3)18(29)12(21(24)32)20(31)22(13,33)19(11)30/h4-6,9,13-14,17,26-28,31,33H,23H2,1-3H3,(H2,24,32). The number of anilines is 1. The molecule has 3 aliphatic carbocycles. The Hall–Kier alpha value is -3.41. The minimum Gasteiger partial charge on any atom is -0.508 e. The number of phenolic OH excluding ortho intramolecular Hbond substituents is 1. The van der Waals surface area contributed by atoms with Crippen molar-refractivity contribution in [2.75, 3.05) is 19.8 Å². The van der Waals surface area contributed by atoms with Gasteiger partial charge in [0.25, 0.3) is 5.91 Å². The number of Topliss-reactive ketones (excluding diaryl/α,β-unsaturated/α-hetero) is 2. The van der Waals surface area contributed by atoms with Crippen molar-refractivity contribution in [3.63, 3.8) is 0 Å². The molecule has 1 amide bonds. The Balaban J connectivity index is 2.07. The first-order valence-electron chi connectivity index (χ1n) is 10.2. The number of hydrogen-bond donors (Lipinski definition) is 7. The highest BCUT2D eigenvalue weighted by Crippen LogP contribution is 2.56. The minimum atomic E-state index is -2.93. The summed E-state index contributed by atoms with van der Waals surface area (Å²) >= 11 is 0. The van der Waals surface area contributed by atoms with E-state index in [1.807, 2.05) is 0 Å². The SMILES string of the molecule is CC1c2ccc(N)c(O)c2C(O)=C2C(=O)C3(O)C(O)=C(C(N)=O)C(=O)C(N(C)C)C3C(O)C21. The number of aliphatic hydroxyl groups excluding tert-OH is 3. The van der Waals surface area contributed by atoms with E-state index in [1.165, 1.54) is 31.1 Å². The van der Waals surface area contributed by atoms with Gasteiger partial charge in [0.05, 0.1) is 29.3 Å². The average Bonchev–Trinajstić information content (AvgIpc) is 2.72. The van der Waals surface area contributed by atoms with Gasteiger partial charge in [0, 0.05) is 11.5 Å². The molecule has 0 aliphatic heterocycles. The number of rotatable bonds is 2. The van der Waals surface area contributed by atoms with Gasteiger partial charge in [-0.3, -0.25) is 19.3 Å². The number of nitrogens with zero attached hydrogens (tertiary/aromatic N) is 1. The van der Waals surface area contributed by atoms with Crippen molar-refractivity contribution in [1.82, 2.24) is 4.90 Å². The molecule has 176 valence electrons. The van der Waals surface area contributed by atoms with E-state index in [1.54, 1.807) is 6.92 Å². The number of fused-ring (bicyclic) bond motifs is 3. The van der Waals surface area contributed by atoms with E-state index in [9.17, 15) is 39.9 Å². The van der Waals surface area contributed by atoms with Crippen molar-refractivity contribution in [2.24, 2.45) is 17.6 Å². The highest BCUT2D eigenvalue weighted by molar-refractivity contribution is 6.24. The second-order valence-electron chi connectivity index (χ2n) is 9.02. The molecule has 0 spiro atoms. The van der Waals surface area contributed by atoms with Crippen LogP contribution in [0.2, 0.25) is 0 Å². The zero-order chi connectivity index (χ0) is 24.7. The van der Waals surface area contributed by atoms with Gasteiger partial charge in [0.15, 0.2) is 11.4 Å². The van der Waals surface area contributed by atoms with Crippen molar-refractivity contribution in [1.29, 1.82) is 0 Å². The zero-order valence-electron chi connectivity index (χ0n) is 18.1. The van der Waals surface area contributed by atoms with Crippen LogP contribution < -0.4 is 11.5 Å². The number of phenols is 1. The number of aliphatic hydroxyl groups is 4. The first kappa shape index (κ1) is 22.8. The quantitative estimate of drug-likeness (QED) is 0.164. The van der Waals surface area contributed by atoms with Crippen molar-refractivity contribution in [3.05, 3.63) is 40.2 Å². The first-order valence-corrected chi connectivity index (χ1v) is 10.2. The van der Waals surface area contributed by atoms with E-state index >= 15 is 0 Å². The predicted molar refractivity (Wildman–Crippen MR) is 115 cm³/mol. The molecule has 1 aromatic rings. The molecule has 6 atom stereocenters. The van der Waals surface area contributed by atoms with Crippen LogP contribution in [0.5, 0.6) is 5.75 Å². The molecule has 0 radical (unpaired) electrons. The monoisotopic (exact) mass is 459 g/mol. The molecular formula is C22H25N3O8. The summed E-state index contributed by atoms with van der Waals surface area (Å²) in [7, 11) is 2.90. The van der Waals surface area contributed by atoms with Gasteiger partial charge in [0.1, 0.15) is 22.8 Å². The molecule has 0 bridgehead atoms. The summed E-state index contributed by atoms with van der Waals surface area (Å²) in [6.07, 6.45) is -1.62. The summed E-state index contributed by atoms with van der Waals surface area (Å²) in [6.45, 7) is 1.65. The number of likely N-dealkylation sites (N-methyl/N-ethyl adjacent to an activating group) is 1. The molecule has 1 aromatic carbocycles. The van der Waals surface area contributed by atoms with Crippen molar-refractivity contribution >= 4 is 28.9 Å². The maximum Gasteiger partial charge on any atom is 0.255 e. The van der Waals surface area contributed by atoms with Crippen LogP contribution >= 0.6 is 0 Å². The maximum atomic E-state index is 13.7. The third-order valence-corrected chi connectivity index (χ3v) is 7.16. The molecule has 6 unspecified atom stereocenters. The molecule has 1 saturated carbocycles. The van der Waals surface area contributed by atoms with E-state index in [4.69, 9.17) is 11.5 Å². The zero-order valence-corrected chi connectivity index (χ0v) is 18.1. The van der Waals surface area contributed by atoms with E-state index < -0.39 is 81.4 Å². The number of carbonyl (C=O) groups excluding carboxylic acids is 3. The van der Waals surface area contributed by atoms with Crippen LogP contribution in [0, 0.1) is 11.8 Å². The number of primary amides is 1. The summed E-state index contributed by atoms with van der Waals surface area (Å²) in [5.74, 6) is -9.34. The lowest BCUT2D eigenvalue weighted by Crippen LogP contribution is -2.70. The van der Waals surface area contributed by atoms with Gasteiger partial charge >= 0.3 is 0 Å². The Morgan fingerprint density at radius 1 is 1.15 bits per heavy atom. The van der Waals surface area contributed by atoms with Crippen LogP contribution in [0.25, 0.3) is 5.76 Å². The Morgan fingerprint density at radius 2 is 1.76 bits per heavy atom. The molecule has 1 fully saturated rings. The van der Waals surface area contributed by atoms with Crippen LogP contribution in [-0.4, -0.2) is 79.7 Å². The number of carbonyl (C=O) groups is 3. The highest BCUT2D eigenvalue weighted by atomic mass is 16.4. The Morgan fingerprint density at radius 3 is 2.30 bits per heavy atom. The largest absolute Gasteiger partial charge is 0.508 e. The third kappa shape index (κ3) is 2.63. The van der Waals surface area contributed by atoms with Gasteiger partial charge in [-0.2, -0.15) is 0 Å². The smallest absolute Gasteiger partial charge is 0.255 e. The fourth-order valence-electron chi connectivity index (χ4n) is 5.63. The first-order chi connectivity index (χ1) is 15.3. The topological polar surface area (TPSA) is 208 Å². The fraction of sp³-hybridized carbons (Fsp3) is 0.409. The molecule has 11 heteroatoms. The lowest BCUT2D eigenvalue weighted by molar-refractivity contribution is -0.169. The fourth-order valence-corrected chi connectivity index (χ4v) is 5.63. The summed E-state index contributed by atoms with van der Waals surface area (Å²) in [6, 6.07) is 1.57. The maximum absolute atomic E-state index is 13.7. The number of nitrogens with two attached hydrogens (primary N) is 2. The molecule has 3 aliphatic rings. The van der Waals surface area contributed by atoms with Crippen molar-refractivity contribution < 1.29 is 39.9 Å². The lowest BCUT2D eigenvalue weighted by Gasteiger charge is -2.53. The molecule has 4 rings (SSSR count). The lowest BCUT2D eigenvalue weighted by atomic mass is 9.54. The Bertz CT molecular complexity index is 1190. The molecule has 11 nitrogen and oxygen atoms in total. The van der Waals surface area contributed by atoms with Gasteiger partial charge in [-0.05, 0) is 31.6 Å². The number of ketones is 2. The molecule has 0 aromatic heterocycles. The van der Waals surface area contributed by atoms with Crippen LogP contribution in [0.15, 0.2) is 29.0 Å². The van der Waals surface area contributed by atoms with Gasteiger partial charge in [-0.1, -0.05) is 13.0 Å². The molecule has 9 N–H and O–H groups in total. The van der Waals surface area contributed by atoms with E-state index in [0.29, 0.717) is 5.56 Å². The summed E-state index contributed by atoms with van der Waals surface area (Å²) in [5, 5.41) is 55.2. The van der Waals surface area contributed by atoms with E-state index in [2.05, 4.69) is 0 Å². The Kier molecular flexibility index (Phi) is 4.86. The van der Waals surface area contributed by atoms with Gasteiger partial charge < -0.3 is 37.0 Å². The predicted octanol–water partition coefficient (Wildman–Crippen LogP) is -0.922. The van der Waals surface area contributed by atoms with Crippen molar-refractivity contribution in [3.8, 4) is 5.75 Å². The van der Waals surface area contributed by atoms with Gasteiger partial charge in [-0.25, -0.2) is 0 Å².